The first kappa shape index (κ1) is 18.0. The van der Waals surface area contributed by atoms with Gasteiger partial charge in [-0.25, -0.2) is 0 Å². The van der Waals surface area contributed by atoms with Crippen molar-refractivity contribution in [3.05, 3.63) is 64.1 Å². The fourth-order valence-corrected chi connectivity index (χ4v) is 4.55. The Labute approximate surface area is 165 Å². The molecule has 0 amide bonds. The highest BCUT2D eigenvalue weighted by molar-refractivity contribution is 9.10. The van der Waals surface area contributed by atoms with Crippen molar-refractivity contribution in [1.82, 2.24) is 9.80 Å². The lowest BCUT2D eigenvalue weighted by Crippen LogP contribution is -2.44. The predicted molar refractivity (Wildman–Crippen MR) is 113 cm³/mol. The Balaban J connectivity index is 1.55. The predicted octanol–water partition coefficient (Wildman–Crippen LogP) is 4.54. The lowest BCUT2D eigenvalue weighted by Gasteiger charge is -2.34. The molecule has 2 aliphatic heterocycles. The topological polar surface area (TPSA) is 9.72 Å². The van der Waals surface area contributed by atoms with Gasteiger partial charge in [-0.1, -0.05) is 40.2 Å². The third-order valence-corrected chi connectivity index (χ3v) is 6.34. The Bertz CT molecular complexity index is 722. The molecule has 4 rings (SSSR count). The number of likely N-dealkylation sites (N-methyl/N-ethyl adjacent to an activating group) is 1. The maximum Gasteiger partial charge on any atom is 0.0546 e. The summed E-state index contributed by atoms with van der Waals surface area (Å²) in [7, 11) is 2.22. The van der Waals surface area contributed by atoms with Crippen LogP contribution in [0.1, 0.15) is 30.0 Å². The van der Waals surface area contributed by atoms with Gasteiger partial charge < -0.3 is 9.80 Å². The van der Waals surface area contributed by atoms with Crippen LogP contribution >= 0.6 is 15.9 Å². The normalized spacial score (nSPS) is 22.1. The summed E-state index contributed by atoms with van der Waals surface area (Å²) in [6.07, 6.45) is 2.51. The van der Waals surface area contributed by atoms with Crippen LogP contribution in [-0.2, 0) is 6.54 Å². The lowest BCUT2D eigenvalue weighted by atomic mass is 9.97. The smallest absolute Gasteiger partial charge is 0.0546 e. The van der Waals surface area contributed by atoms with Gasteiger partial charge in [0.05, 0.1) is 6.04 Å². The first-order chi connectivity index (χ1) is 12.7. The number of nitrogens with zero attached hydrogens (tertiary/aromatic N) is 3. The van der Waals surface area contributed by atoms with E-state index >= 15 is 0 Å². The first-order valence-corrected chi connectivity index (χ1v) is 10.5. The molecule has 2 fully saturated rings. The monoisotopic (exact) mass is 413 g/mol. The van der Waals surface area contributed by atoms with Gasteiger partial charge in [0.1, 0.15) is 0 Å². The number of rotatable bonds is 4. The molecule has 2 aliphatic rings. The number of halogens is 1. The zero-order valence-corrected chi connectivity index (χ0v) is 17.2. The molecule has 4 heteroatoms. The number of piperazine rings is 1. The Hall–Kier alpha value is -1.36. The molecule has 2 aromatic carbocycles. The van der Waals surface area contributed by atoms with E-state index in [-0.39, 0.29) is 0 Å². The number of anilines is 1. The maximum absolute atomic E-state index is 3.56. The van der Waals surface area contributed by atoms with Crippen LogP contribution in [0.4, 0.5) is 5.69 Å². The van der Waals surface area contributed by atoms with Crippen molar-refractivity contribution < 1.29 is 0 Å². The zero-order valence-electron chi connectivity index (χ0n) is 15.6. The van der Waals surface area contributed by atoms with E-state index < -0.39 is 0 Å². The van der Waals surface area contributed by atoms with Crippen LogP contribution in [0.2, 0.25) is 0 Å². The van der Waals surface area contributed by atoms with E-state index in [2.05, 4.69) is 86.2 Å². The van der Waals surface area contributed by atoms with E-state index in [4.69, 9.17) is 0 Å². The average molecular weight is 414 g/mol. The Kier molecular flexibility index (Phi) is 5.63. The minimum atomic E-state index is 0.500. The van der Waals surface area contributed by atoms with Gasteiger partial charge in [0.2, 0.25) is 0 Å². The van der Waals surface area contributed by atoms with Gasteiger partial charge in [-0.15, -0.1) is 0 Å². The van der Waals surface area contributed by atoms with E-state index in [0.717, 1.165) is 17.6 Å². The van der Waals surface area contributed by atoms with Crippen molar-refractivity contribution in [2.45, 2.75) is 25.4 Å². The number of hydrogen-bond acceptors (Lipinski definition) is 3. The summed E-state index contributed by atoms with van der Waals surface area (Å²) in [6, 6.07) is 18.4. The SMILES string of the molecule is CN1CCN(Cc2ccccc2C2CCCN2c2ccc(Br)cc2)CC1. The van der Waals surface area contributed by atoms with Gasteiger partial charge in [0.15, 0.2) is 0 Å². The largest absolute Gasteiger partial charge is 0.364 e. The Morgan fingerprint density at radius 3 is 2.42 bits per heavy atom. The molecule has 2 heterocycles. The fraction of sp³-hybridized carbons (Fsp3) is 0.455. The van der Waals surface area contributed by atoms with Crippen molar-refractivity contribution >= 4 is 21.6 Å². The summed E-state index contributed by atoms with van der Waals surface area (Å²) >= 11 is 3.56. The molecule has 2 saturated heterocycles. The van der Waals surface area contributed by atoms with E-state index in [1.165, 1.54) is 55.8 Å². The molecule has 0 aliphatic carbocycles. The van der Waals surface area contributed by atoms with Crippen molar-refractivity contribution in [2.75, 3.05) is 44.7 Å². The van der Waals surface area contributed by atoms with Crippen LogP contribution in [0.25, 0.3) is 0 Å². The third-order valence-electron chi connectivity index (χ3n) is 5.82. The zero-order chi connectivity index (χ0) is 17.9. The van der Waals surface area contributed by atoms with Gasteiger partial charge in [-0.3, -0.25) is 4.90 Å². The Morgan fingerprint density at radius 1 is 0.923 bits per heavy atom. The van der Waals surface area contributed by atoms with E-state index in [9.17, 15) is 0 Å². The van der Waals surface area contributed by atoms with Crippen LogP contribution in [0.5, 0.6) is 0 Å². The van der Waals surface area contributed by atoms with Gasteiger partial charge >= 0.3 is 0 Å². The number of hydrogen-bond donors (Lipinski definition) is 0. The summed E-state index contributed by atoms with van der Waals surface area (Å²) in [6.45, 7) is 6.93. The van der Waals surface area contributed by atoms with E-state index in [1.54, 1.807) is 0 Å². The van der Waals surface area contributed by atoms with Crippen LogP contribution in [-0.4, -0.2) is 49.6 Å². The lowest BCUT2D eigenvalue weighted by molar-refractivity contribution is 0.148. The van der Waals surface area contributed by atoms with Crippen molar-refractivity contribution in [1.29, 1.82) is 0 Å². The summed E-state index contributed by atoms with van der Waals surface area (Å²) < 4.78 is 1.15. The van der Waals surface area contributed by atoms with Crippen LogP contribution in [0.15, 0.2) is 53.0 Å². The second kappa shape index (κ2) is 8.12. The maximum atomic E-state index is 3.56. The molecule has 0 spiro atoms. The molecule has 1 unspecified atom stereocenters. The highest BCUT2D eigenvalue weighted by atomic mass is 79.9. The summed E-state index contributed by atoms with van der Waals surface area (Å²) in [5.74, 6) is 0. The summed E-state index contributed by atoms with van der Waals surface area (Å²) in [5.41, 5.74) is 4.36. The molecular formula is C22H28BrN3. The fourth-order valence-electron chi connectivity index (χ4n) is 4.28. The number of benzene rings is 2. The van der Waals surface area contributed by atoms with Gasteiger partial charge in [0, 0.05) is 49.4 Å². The van der Waals surface area contributed by atoms with Crippen LogP contribution in [0, 0.1) is 0 Å². The molecule has 0 aromatic heterocycles. The average Bonchev–Trinajstić information content (AvgIpc) is 3.14. The van der Waals surface area contributed by atoms with Gasteiger partial charge in [-0.05, 0) is 55.3 Å². The van der Waals surface area contributed by atoms with E-state index in [1.807, 2.05) is 0 Å². The van der Waals surface area contributed by atoms with E-state index in [0.29, 0.717) is 6.04 Å². The summed E-state index contributed by atoms with van der Waals surface area (Å²) in [5, 5.41) is 0. The third kappa shape index (κ3) is 3.98. The molecule has 0 radical (unpaired) electrons. The highest BCUT2D eigenvalue weighted by Gasteiger charge is 2.28. The molecule has 3 nitrogen and oxygen atoms in total. The van der Waals surface area contributed by atoms with Crippen molar-refractivity contribution in [3.63, 3.8) is 0 Å². The Morgan fingerprint density at radius 2 is 1.65 bits per heavy atom. The van der Waals surface area contributed by atoms with Crippen molar-refractivity contribution in [3.8, 4) is 0 Å². The molecule has 0 bridgehead atoms. The van der Waals surface area contributed by atoms with Crippen LogP contribution in [0.3, 0.4) is 0 Å². The van der Waals surface area contributed by atoms with Gasteiger partial charge in [-0.2, -0.15) is 0 Å². The minimum absolute atomic E-state index is 0.500. The van der Waals surface area contributed by atoms with Crippen LogP contribution < -0.4 is 4.90 Å². The summed E-state index contributed by atoms with van der Waals surface area (Å²) in [4.78, 5) is 7.63. The van der Waals surface area contributed by atoms with Gasteiger partial charge in [0.25, 0.3) is 0 Å². The molecule has 0 saturated carbocycles. The minimum Gasteiger partial charge on any atom is -0.364 e. The molecule has 1 atom stereocenters. The molecule has 26 heavy (non-hydrogen) atoms. The molecular weight excluding hydrogens is 386 g/mol. The second-order valence-corrected chi connectivity index (χ2v) is 8.52. The van der Waals surface area contributed by atoms with Crippen molar-refractivity contribution in [2.24, 2.45) is 0 Å². The standard InChI is InChI=1S/C22H28BrN3/c1-24-13-15-25(16-14-24)17-18-5-2-3-6-21(18)22-7-4-12-26(22)20-10-8-19(23)9-11-20/h2-3,5-6,8-11,22H,4,7,12-17H2,1H3. The first-order valence-electron chi connectivity index (χ1n) is 9.71. The second-order valence-electron chi connectivity index (χ2n) is 7.61. The highest BCUT2D eigenvalue weighted by Crippen LogP contribution is 2.38. The molecule has 2 aromatic rings. The molecule has 138 valence electrons. The molecule has 0 N–H and O–H groups in total. The quantitative estimate of drug-likeness (QED) is 0.728.